The van der Waals surface area contributed by atoms with Crippen molar-refractivity contribution < 1.29 is 4.79 Å². The van der Waals surface area contributed by atoms with Crippen molar-refractivity contribution in [3.63, 3.8) is 0 Å². The molecule has 1 N–H and O–H groups in total. The predicted molar refractivity (Wildman–Crippen MR) is 55.7 cm³/mol. The quantitative estimate of drug-likeness (QED) is 0.650. The highest BCUT2D eigenvalue weighted by Crippen LogP contribution is 2.08. The molecule has 0 unspecified atom stereocenters. The topological polar surface area (TPSA) is 94.7 Å². The van der Waals surface area contributed by atoms with Gasteiger partial charge in [-0.05, 0) is 0 Å². The van der Waals surface area contributed by atoms with Gasteiger partial charge in [0.15, 0.2) is 0 Å². The van der Waals surface area contributed by atoms with E-state index in [0.717, 1.165) is 0 Å². The number of fused-ring (bicyclic) bond motifs is 1. The average Bonchev–Trinajstić information content (AvgIpc) is 2.83. The van der Waals surface area contributed by atoms with E-state index in [1.807, 2.05) is 0 Å². The molecule has 1 aliphatic rings. The Morgan fingerprint density at radius 3 is 2.76 bits per heavy atom. The molecule has 3 heterocycles. The zero-order valence-corrected chi connectivity index (χ0v) is 8.70. The van der Waals surface area contributed by atoms with E-state index in [0.29, 0.717) is 24.7 Å². The summed E-state index contributed by atoms with van der Waals surface area (Å²) in [7, 11) is 0. The maximum atomic E-state index is 11.6. The van der Waals surface area contributed by atoms with Gasteiger partial charge in [-0.2, -0.15) is 4.98 Å². The minimum atomic E-state index is -0.461. The fourth-order valence-corrected chi connectivity index (χ4v) is 1.78. The number of nitrogens with zero attached hydrogens (tertiary/aromatic N) is 5. The summed E-state index contributed by atoms with van der Waals surface area (Å²) in [5, 5.41) is 9.98. The molecule has 0 spiro atoms. The van der Waals surface area contributed by atoms with Crippen molar-refractivity contribution in [3.05, 3.63) is 34.8 Å². The minimum Gasteiger partial charge on any atom is -0.349 e. The Balaban J connectivity index is 2.29. The Hall–Kier alpha value is -2.51. The number of aromatic nitrogens is 5. The van der Waals surface area contributed by atoms with Gasteiger partial charge in [0.05, 0.1) is 0 Å². The SMILES string of the molecule is O=C1NCCn2c1cc(=O)nc2-n1cnnc1. The van der Waals surface area contributed by atoms with Crippen molar-refractivity contribution in [2.24, 2.45) is 0 Å². The summed E-state index contributed by atoms with van der Waals surface area (Å²) < 4.78 is 3.17. The predicted octanol–water partition coefficient (Wildman–Crippen LogP) is -1.43. The third-order valence-electron chi connectivity index (χ3n) is 2.51. The van der Waals surface area contributed by atoms with E-state index in [-0.39, 0.29) is 5.91 Å². The minimum absolute atomic E-state index is 0.273. The first-order chi connectivity index (χ1) is 8.25. The van der Waals surface area contributed by atoms with Crippen molar-refractivity contribution in [1.82, 2.24) is 29.6 Å². The molecule has 3 rings (SSSR count). The molecule has 86 valence electrons. The third kappa shape index (κ3) is 1.50. The normalized spacial score (nSPS) is 14.2. The highest BCUT2D eigenvalue weighted by atomic mass is 16.2. The molecule has 2 aromatic heterocycles. The second-order valence-corrected chi connectivity index (χ2v) is 3.56. The van der Waals surface area contributed by atoms with Gasteiger partial charge in [0.2, 0.25) is 5.95 Å². The first kappa shape index (κ1) is 9.70. The van der Waals surface area contributed by atoms with E-state index in [4.69, 9.17) is 0 Å². The Kier molecular flexibility index (Phi) is 2.00. The van der Waals surface area contributed by atoms with Crippen LogP contribution in [0.25, 0.3) is 5.95 Å². The number of nitrogens with one attached hydrogen (secondary N) is 1. The van der Waals surface area contributed by atoms with Gasteiger partial charge in [0.25, 0.3) is 11.5 Å². The molecule has 8 heteroatoms. The van der Waals surface area contributed by atoms with Crippen LogP contribution < -0.4 is 10.9 Å². The first-order valence-electron chi connectivity index (χ1n) is 5.01. The van der Waals surface area contributed by atoms with Crippen LogP contribution >= 0.6 is 0 Å². The molecule has 17 heavy (non-hydrogen) atoms. The zero-order chi connectivity index (χ0) is 11.8. The van der Waals surface area contributed by atoms with Gasteiger partial charge in [-0.25, -0.2) is 0 Å². The van der Waals surface area contributed by atoms with Crippen molar-refractivity contribution >= 4 is 5.91 Å². The van der Waals surface area contributed by atoms with Gasteiger partial charge >= 0.3 is 0 Å². The summed E-state index contributed by atoms with van der Waals surface area (Å²) in [6.45, 7) is 1.06. The van der Waals surface area contributed by atoms with Gasteiger partial charge in [0.1, 0.15) is 18.3 Å². The van der Waals surface area contributed by atoms with Crippen LogP contribution in [0.3, 0.4) is 0 Å². The molecule has 0 atom stereocenters. The number of carbonyl (C=O) groups excluding carboxylic acids is 1. The molecule has 1 amide bonds. The fraction of sp³-hybridized carbons (Fsp3) is 0.222. The van der Waals surface area contributed by atoms with Gasteiger partial charge in [-0.1, -0.05) is 0 Å². The molecule has 0 saturated heterocycles. The van der Waals surface area contributed by atoms with Crippen LogP contribution in [0.15, 0.2) is 23.5 Å². The summed E-state index contributed by atoms with van der Waals surface area (Å²) in [6, 6.07) is 1.22. The van der Waals surface area contributed by atoms with Crippen LogP contribution in [0.5, 0.6) is 0 Å². The summed E-state index contributed by atoms with van der Waals surface area (Å²) >= 11 is 0. The van der Waals surface area contributed by atoms with E-state index in [1.165, 1.54) is 23.3 Å². The highest BCUT2D eigenvalue weighted by Gasteiger charge is 2.20. The van der Waals surface area contributed by atoms with Crippen LogP contribution in [-0.2, 0) is 6.54 Å². The molecule has 8 nitrogen and oxygen atoms in total. The van der Waals surface area contributed by atoms with Gasteiger partial charge in [-0.3, -0.25) is 14.2 Å². The van der Waals surface area contributed by atoms with Crippen LogP contribution in [-0.4, -0.2) is 36.8 Å². The second kappa shape index (κ2) is 3.51. The Labute approximate surface area is 94.9 Å². The molecular formula is C9H8N6O2. The lowest BCUT2D eigenvalue weighted by Gasteiger charge is -2.21. The lowest BCUT2D eigenvalue weighted by Crippen LogP contribution is -2.39. The summed E-state index contributed by atoms with van der Waals surface area (Å²) in [4.78, 5) is 26.9. The van der Waals surface area contributed by atoms with Crippen molar-refractivity contribution in [1.29, 1.82) is 0 Å². The highest BCUT2D eigenvalue weighted by molar-refractivity contribution is 5.93. The van der Waals surface area contributed by atoms with Crippen molar-refractivity contribution in [2.75, 3.05) is 6.54 Å². The zero-order valence-electron chi connectivity index (χ0n) is 8.70. The van der Waals surface area contributed by atoms with Crippen molar-refractivity contribution in [3.8, 4) is 5.95 Å². The van der Waals surface area contributed by atoms with E-state index in [2.05, 4.69) is 20.5 Å². The summed E-state index contributed by atoms with van der Waals surface area (Å²) in [5.41, 5.74) is -0.156. The molecule has 0 radical (unpaired) electrons. The van der Waals surface area contributed by atoms with E-state index >= 15 is 0 Å². The Morgan fingerprint density at radius 1 is 1.24 bits per heavy atom. The average molecular weight is 232 g/mol. The first-order valence-corrected chi connectivity index (χ1v) is 5.01. The number of amides is 1. The molecule has 0 bridgehead atoms. The monoisotopic (exact) mass is 232 g/mol. The molecule has 0 aromatic carbocycles. The van der Waals surface area contributed by atoms with Crippen LogP contribution in [0, 0.1) is 0 Å². The Bertz CT molecular complexity index is 629. The van der Waals surface area contributed by atoms with Crippen LogP contribution in [0.2, 0.25) is 0 Å². The van der Waals surface area contributed by atoms with Crippen LogP contribution in [0.4, 0.5) is 0 Å². The summed E-state index contributed by atoms with van der Waals surface area (Å²) in [5.74, 6) is 0.0809. The molecular weight excluding hydrogens is 224 g/mol. The third-order valence-corrected chi connectivity index (χ3v) is 2.51. The number of rotatable bonds is 1. The van der Waals surface area contributed by atoms with Gasteiger partial charge in [-0.15, -0.1) is 10.2 Å². The maximum absolute atomic E-state index is 11.6. The molecule has 0 fully saturated rings. The standard InChI is InChI=1S/C9H8N6O2/c16-7-3-6-8(17)10-1-2-15(6)9(13-7)14-4-11-12-5-14/h3-5H,1-2H2,(H,10,17). The van der Waals surface area contributed by atoms with E-state index < -0.39 is 5.56 Å². The molecule has 2 aromatic rings. The molecule has 0 aliphatic carbocycles. The lowest BCUT2D eigenvalue weighted by molar-refractivity contribution is 0.0925. The fourth-order valence-electron chi connectivity index (χ4n) is 1.78. The van der Waals surface area contributed by atoms with E-state index in [9.17, 15) is 9.59 Å². The van der Waals surface area contributed by atoms with Crippen molar-refractivity contribution in [2.45, 2.75) is 6.54 Å². The largest absolute Gasteiger partial charge is 0.349 e. The maximum Gasteiger partial charge on any atom is 0.275 e. The van der Waals surface area contributed by atoms with Gasteiger partial charge in [0, 0.05) is 19.2 Å². The number of hydrogen-bond acceptors (Lipinski definition) is 5. The van der Waals surface area contributed by atoms with Crippen LogP contribution in [0.1, 0.15) is 10.5 Å². The summed E-state index contributed by atoms with van der Waals surface area (Å²) in [6.07, 6.45) is 2.86. The lowest BCUT2D eigenvalue weighted by atomic mass is 10.3. The molecule has 1 aliphatic heterocycles. The van der Waals surface area contributed by atoms with E-state index in [1.54, 1.807) is 4.57 Å². The Morgan fingerprint density at radius 2 is 2.00 bits per heavy atom. The second-order valence-electron chi connectivity index (χ2n) is 3.56. The van der Waals surface area contributed by atoms with Gasteiger partial charge < -0.3 is 9.88 Å². The molecule has 0 saturated carbocycles. The number of hydrogen-bond donors (Lipinski definition) is 1. The number of carbonyl (C=O) groups is 1. The smallest absolute Gasteiger partial charge is 0.275 e.